The summed E-state index contributed by atoms with van der Waals surface area (Å²) in [4.78, 5) is 29.7. The third kappa shape index (κ3) is 4.94. The highest BCUT2D eigenvalue weighted by Crippen LogP contribution is 2.23. The van der Waals surface area contributed by atoms with Crippen molar-refractivity contribution in [1.82, 2.24) is 4.98 Å². The Morgan fingerprint density at radius 2 is 1.67 bits per heavy atom. The average molecular weight is 467 g/mol. The molecular weight excluding hydrogens is 444 g/mol. The summed E-state index contributed by atoms with van der Waals surface area (Å²) in [6.07, 6.45) is -0.944. The van der Waals surface area contributed by atoms with Gasteiger partial charge in [-0.1, -0.05) is 46.3 Å². The lowest BCUT2D eigenvalue weighted by atomic mass is 10.1. The quantitative estimate of drug-likeness (QED) is 0.495. The number of pyridine rings is 1. The minimum atomic E-state index is -0.944. The number of nitrogens with zero attached hydrogens (tertiary/aromatic N) is 1. The van der Waals surface area contributed by atoms with E-state index in [-0.39, 0.29) is 5.91 Å². The van der Waals surface area contributed by atoms with Crippen LogP contribution in [0.2, 0.25) is 0 Å². The van der Waals surface area contributed by atoms with Crippen molar-refractivity contribution in [2.75, 3.05) is 5.32 Å². The van der Waals surface area contributed by atoms with E-state index in [0.29, 0.717) is 11.3 Å². The molecule has 1 aromatic heterocycles. The van der Waals surface area contributed by atoms with Crippen LogP contribution in [0.15, 0.2) is 59.1 Å². The second-order valence-corrected chi connectivity index (χ2v) is 8.06. The van der Waals surface area contributed by atoms with Crippen LogP contribution in [0.4, 0.5) is 5.69 Å². The fourth-order valence-electron chi connectivity index (χ4n) is 3.10. The van der Waals surface area contributed by atoms with Gasteiger partial charge in [0, 0.05) is 15.7 Å². The molecule has 0 spiro atoms. The Hall–Kier alpha value is -2.99. The van der Waals surface area contributed by atoms with Gasteiger partial charge in [0.2, 0.25) is 0 Å². The number of aromatic nitrogens is 1. The van der Waals surface area contributed by atoms with Gasteiger partial charge < -0.3 is 10.1 Å². The van der Waals surface area contributed by atoms with E-state index in [2.05, 4.69) is 26.2 Å². The average Bonchev–Trinajstić information content (AvgIpc) is 2.70. The highest BCUT2D eigenvalue weighted by molar-refractivity contribution is 9.10. The Labute approximate surface area is 184 Å². The van der Waals surface area contributed by atoms with Crippen molar-refractivity contribution in [2.24, 2.45) is 0 Å². The number of carbonyl (C=O) groups excluding carboxylic acids is 2. The Balaban J connectivity index is 1.71. The summed E-state index contributed by atoms with van der Waals surface area (Å²) in [6.45, 7) is 7.14. The van der Waals surface area contributed by atoms with E-state index in [9.17, 15) is 9.59 Å². The van der Waals surface area contributed by atoms with E-state index < -0.39 is 12.1 Å². The van der Waals surface area contributed by atoms with Crippen molar-refractivity contribution in [2.45, 2.75) is 33.8 Å². The van der Waals surface area contributed by atoms with Crippen LogP contribution < -0.4 is 5.32 Å². The van der Waals surface area contributed by atoms with Crippen LogP contribution in [0.1, 0.15) is 34.1 Å². The van der Waals surface area contributed by atoms with Crippen LogP contribution in [0, 0.1) is 20.8 Å². The molecule has 1 amide bonds. The van der Waals surface area contributed by atoms with Crippen molar-refractivity contribution in [3.8, 4) is 11.3 Å². The Kier molecular flexibility index (Phi) is 6.67. The molecule has 2 aromatic carbocycles. The number of hydrogen-bond acceptors (Lipinski definition) is 4. The van der Waals surface area contributed by atoms with Crippen molar-refractivity contribution in [1.29, 1.82) is 0 Å². The second-order valence-electron chi connectivity index (χ2n) is 7.14. The number of rotatable bonds is 5. The van der Waals surface area contributed by atoms with Crippen molar-refractivity contribution >= 4 is 33.5 Å². The lowest BCUT2D eigenvalue weighted by Gasteiger charge is -2.16. The van der Waals surface area contributed by atoms with Gasteiger partial charge in [0.1, 0.15) is 0 Å². The second kappa shape index (κ2) is 9.22. The molecule has 1 atom stereocenters. The molecule has 1 N–H and O–H groups in total. The molecule has 6 heteroatoms. The summed E-state index contributed by atoms with van der Waals surface area (Å²) < 4.78 is 6.35. The number of nitrogens with one attached hydrogen (secondary N) is 1. The number of halogens is 1. The molecule has 3 aromatic rings. The van der Waals surface area contributed by atoms with Gasteiger partial charge in [-0.3, -0.25) is 9.78 Å². The van der Waals surface area contributed by atoms with Crippen LogP contribution in [0.5, 0.6) is 0 Å². The maximum absolute atomic E-state index is 12.6. The molecular formula is C24H23BrN2O3. The zero-order chi connectivity index (χ0) is 21.8. The first kappa shape index (κ1) is 21.7. The van der Waals surface area contributed by atoms with Crippen molar-refractivity contribution < 1.29 is 14.3 Å². The first-order valence-electron chi connectivity index (χ1n) is 9.58. The molecule has 30 heavy (non-hydrogen) atoms. The molecule has 0 aliphatic carbocycles. The van der Waals surface area contributed by atoms with Gasteiger partial charge in [0.05, 0.1) is 17.0 Å². The van der Waals surface area contributed by atoms with E-state index >= 15 is 0 Å². The van der Waals surface area contributed by atoms with Crippen molar-refractivity contribution in [3.63, 3.8) is 0 Å². The summed E-state index contributed by atoms with van der Waals surface area (Å²) in [5, 5.41) is 2.85. The summed E-state index contributed by atoms with van der Waals surface area (Å²) in [6, 6.07) is 17.0. The van der Waals surface area contributed by atoms with Gasteiger partial charge in [-0.25, -0.2) is 4.79 Å². The number of esters is 1. The monoisotopic (exact) mass is 466 g/mol. The molecule has 3 rings (SSSR count). The Morgan fingerprint density at radius 1 is 1.00 bits per heavy atom. The fraction of sp³-hybridized carbons (Fsp3) is 0.208. The highest BCUT2D eigenvalue weighted by atomic mass is 79.9. The predicted molar refractivity (Wildman–Crippen MR) is 122 cm³/mol. The zero-order valence-electron chi connectivity index (χ0n) is 17.3. The number of carbonyl (C=O) groups is 2. The third-order valence-electron chi connectivity index (χ3n) is 4.81. The minimum absolute atomic E-state index is 0.334. The first-order valence-corrected chi connectivity index (χ1v) is 10.4. The summed E-state index contributed by atoms with van der Waals surface area (Å²) in [5.41, 5.74) is 5.21. The van der Waals surface area contributed by atoms with Crippen LogP contribution in [0.3, 0.4) is 0 Å². The summed E-state index contributed by atoms with van der Waals surface area (Å²) in [7, 11) is 0. The molecule has 0 bridgehead atoms. The van der Waals surface area contributed by atoms with Gasteiger partial charge in [-0.05, 0) is 63.1 Å². The number of para-hydroxylation sites is 1. The third-order valence-corrected chi connectivity index (χ3v) is 5.30. The highest BCUT2D eigenvalue weighted by Gasteiger charge is 2.22. The molecule has 1 heterocycles. The molecule has 0 fully saturated rings. The molecule has 5 nitrogen and oxygen atoms in total. The van der Waals surface area contributed by atoms with Gasteiger partial charge >= 0.3 is 5.97 Å². The smallest absolute Gasteiger partial charge is 0.340 e. The normalized spacial score (nSPS) is 11.6. The molecule has 0 aliphatic heterocycles. The minimum Gasteiger partial charge on any atom is -0.449 e. The number of hydrogen-bond donors (Lipinski definition) is 1. The first-order chi connectivity index (χ1) is 14.3. The lowest BCUT2D eigenvalue weighted by molar-refractivity contribution is -0.123. The van der Waals surface area contributed by atoms with E-state index in [1.807, 2.05) is 56.3 Å². The van der Waals surface area contributed by atoms with Crippen LogP contribution in [-0.4, -0.2) is 23.0 Å². The molecule has 0 aliphatic rings. The molecule has 0 saturated carbocycles. The molecule has 1 unspecified atom stereocenters. The number of aryl methyl sites for hydroxylation is 3. The van der Waals surface area contributed by atoms with Gasteiger partial charge in [0.15, 0.2) is 6.10 Å². The van der Waals surface area contributed by atoms with Crippen LogP contribution >= 0.6 is 15.9 Å². The van der Waals surface area contributed by atoms with Crippen molar-refractivity contribution in [3.05, 3.63) is 81.5 Å². The topological polar surface area (TPSA) is 68.3 Å². The molecule has 154 valence electrons. The SMILES string of the molecule is Cc1cccc(C)c1NC(=O)C(C)OC(=O)c1ccc(-c2cccc(Br)c2)nc1C. The zero-order valence-corrected chi connectivity index (χ0v) is 18.9. The number of ether oxygens (including phenoxy) is 1. The van der Waals surface area contributed by atoms with E-state index in [0.717, 1.165) is 32.5 Å². The fourth-order valence-corrected chi connectivity index (χ4v) is 3.50. The largest absolute Gasteiger partial charge is 0.449 e. The van der Waals surface area contributed by atoms with Gasteiger partial charge in [-0.15, -0.1) is 0 Å². The number of benzene rings is 2. The van der Waals surface area contributed by atoms with Crippen LogP contribution in [-0.2, 0) is 9.53 Å². The molecule has 0 saturated heterocycles. The molecule has 0 radical (unpaired) electrons. The van der Waals surface area contributed by atoms with Crippen LogP contribution in [0.25, 0.3) is 11.3 Å². The van der Waals surface area contributed by atoms with Gasteiger partial charge in [0.25, 0.3) is 5.91 Å². The Morgan fingerprint density at radius 3 is 2.30 bits per heavy atom. The summed E-state index contributed by atoms with van der Waals surface area (Å²) >= 11 is 3.45. The lowest BCUT2D eigenvalue weighted by Crippen LogP contribution is -2.30. The predicted octanol–water partition coefficient (Wildman–Crippen LogP) is 5.62. The number of anilines is 1. The standard InChI is InChI=1S/C24H23BrN2O3/c1-14-7-5-8-15(2)22(14)27-23(28)17(4)30-24(29)20-11-12-21(26-16(20)3)18-9-6-10-19(25)13-18/h5-13,17H,1-4H3,(H,27,28). The van der Waals surface area contributed by atoms with E-state index in [1.165, 1.54) is 0 Å². The van der Waals surface area contributed by atoms with E-state index in [1.54, 1.807) is 26.0 Å². The Bertz CT molecular complexity index is 1090. The number of amides is 1. The van der Waals surface area contributed by atoms with Gasteiger partial charge in [-0.2, -0.15) is 0 Å². The maximum Gasteiger partial charge on any atom is 0.340 e. The van der Waals surface area contributed by atoms with E-state index in [4.69, 9.17) is 4.74 Å². The maximum atomic E-state index is 12.6. The summed E-state index contributed by atoms with van der Waals surface area (Å²) in [5.74, 6) is -0.956.